The predicted octanol–water partition coefficient (Wildman–Crippen LogP) is 0.410. The lowest BCUT2D eigenvalue weighted by Gasteiger charge is -2.31. The molecule has 132 valence electrons. The minimum Gasteiger partial charge on any atom is -0.325 e. The summed E-state index contributed by atoms with van der Waals surface area (Å²) < 4.78 is 22.3. The second-order valence-electron chi connectivity index (χ2n) is 5.02. The van der Waals surface area contributed by atoms with Crippen molar-refractivity contribution in [3.8, 4) is 0 Å². The molecule has 0 saturated carbocycles. The topological polar surface area (TPSA) is 105 Å². The van der Waals surface area contributed by atoms with Gasteiger partial charge in [0.2, 0.25) is 15.9 Å². The standard InChI is InChI=1S/C13H20N4O3S.2ClH/c1-10(17-8-6-15-7-9-17)13(18)16-11-2-4-12(5-3-11)21(14,19)20;;/h2-5,10,15H,6-9H2,1H3,(H,16,18)(H2,14,19,20);2*1H. The highest BCUT2D eigenvalue weighted by molar-refractivity contribution is 7.89. The molecular weight excluding hydrogens is 363 g/mol. The van der Waals surface area contributed by atoms with Crippen LogP contribution in [-0.2, 0) is 14.8 Å². The second-order valence-corrected chi connectivity index (χ2v) is 6.58. The first-order valence-electron chi connectivity index (χ1n) is 6.76. The minimum atomic E-state index is -3.71. The van der Waals surface area contributed by atoms with Gasteiger partial charge in [-0.3, -0.25) is 9.69 Å². The summed E-state index contributed by atoms with van der Waals surface area (Å²) in [5, 5.41) is 11.0. The fraction of sp³-hybridized carbons (Fsp3) is 0.462. The van der Waals surface area contributed by atoms with Gasteiger partial charge in [-0.2, -0.15) is 0 Å². The van der Waals surface area contributed by atoms with Crippen molar-refractivity contribution in [3.63, 3.8) is 0 Å². The summed E-state index contributed by atoms with van der Waals surface area (Å²) in [6.07, 6.45) is 0. The number of nitrogens with two attached hydrogens (primary N) is 1. The quantitative estimate of drug-likeness (QED) is 0.697. The van der Waals surface area contributed by atoms with Gasteiger partial charge < -0.3 is 10.6 Å². The van der Waals surface area contributed by atoms with E-state index in [9.17, 15) is 13.2 Å². The molecule has 0 aliphatic carbocycles. The SMILES string of the molecule is CC(C(=O)Nc1ccc(S(N)(=O)=O)cc1)N1CCNCC1.Cl.Cl. The van der Waals surface area contributed by atoms with Gasteiger partial charge in [0.1, 0.15) is 0 Å². The molecule has 1 unspecified atom stereocenters. The Kier molecular flexibility index (Phi) is 9.04. The maximum absolute atomic E-state index is 12.2. The molecule has 1 aliphatic rings. The molecule has 2 rings (SSSR count). The Morgan fingerprint density at radius 1 is 1.22 bits per heavy atom. The van der Waals surface area contributed by atoms with E-state index in [-0.39, 0.29) is 41.7 Å². The highest BCUT2D eigenvalue weighted by atomic mass is 35.5. The first-order chi connectivity index (χ1) is 9.88. The van der Waals surface area contributed by atoms with E-state index in [1.807, 2.05) is 6.92 Å². The van der Waals surface area contributed by atoms with Crippen LogP contribution in [0.4, 0.5) is 5.69 Å². The van der Waals surface area contributed by atoms with Crippen molar-refractivity contribution in [2.75, 3.05) is 31.5 Å². The maximum atomic E-state index is 12.2. The molecule has 1 fully saturated rings. The summed E-state index contributed by atoms with van der Waals surface area (Å²) in [6.45, 7) is 5.28. The van der Waals surface area contributed by atoms with E-state index in [1.165, 1.54) is 24.3 Å². The lowest BCUT2D eigenvalue weighted by Crippen LogP contribution is -2.51. The summed E-state index contributed by atoms with van der Waals surface area (Å²) in [4.78, 5) is 14.3. The summed E-state index contributed by atoms with van der Waals surface area (Å²) >= 11 is 0. The smallest absolute Gasteiger partial charge is 0.241 e. The van der Waals surface area contributed by atoms with Crippen LogP contribution in [0.5, 0.6) is 0 Å². The van der Waals surface area contributed by atoms with Crippen molar-refractivity contribution in [1.82, 2.24) is 10.2 Å². The average molecular weight is 385 g/mol. The number of carbonyl (C=O) groups is 1. The van der Waals surface area contributed by atoms with Crippen LogP contribution in [0.25, 0.3) is 0 Å². The Morgan fingerprint density at radius 2 is 1.74 bits per heavy atom. The number of rotatable bonds is 4. The first kappa shape index (κ1) is 22.1. The number of carbonyl (C=O) groups excluding carboxylic acids is 1. The van der Waals surface area contributed by atoms with E-state index in [4.69, 9.17) is 5.14 Å². The zero-order valence-corrected chi connectivity index (χ0v) is 15.1. The van der Waals surface area contributed by atoms with E-state index in [0.717, 1.165) is 26.2 Å². The van der Waals surface area contributed by atoms with Crippen molar-refractivity contribution in [2.24, 2.45) is 5.14 Å². The Labute approximate surface area is 148 Å². The largest absolute Gasteiger partial charge is 0.325 e. The van der Waals surface area contributed by atoms with E-state index in [1.54, 1.807) is 0 Å². The van der Waals surface area contributed by atoms with Crippen LogP contribution in [0.15, 0.2) is 29.2 Å². The fourth-order valence-electron chi connectivity index (χ4n) is 2.21. The molecule has 0 radical (unpaired) electrons. The zero-order chi connectivity index (χ0) is 15.5. The van der Waals surface area contributed by atoms with Crippen molar-refractivity contribution in [2.45, 2.75) is 17.9 Å². The Bertz CT molecular complexity index is 604. The maximum Gasteiger partial charge on any atom is 0.241 e. The molecule has 10 heteroatoms. The molecule has 1 saturated heterocycles. The number of halogens is 2. The Morgan fingerprint density at radius 3 is 2.22 bits per heavy atom. The van der Waals surface area contributed by atoms with Crippen molar-refractivity contribution < 1.29 is 13.2 Å². The van der Waals surface area contributed by atoms with Gasteiger partial charge >= 0.3 is 0 Å². The monoisotopic (exact) mass is 384 g/mol. The molecule has 1 aliphatic heterocycles. The second kappa shape index (κ2) is 9.41. The summed E-state index contributed by atoms with van der Waals surface area (Å²) in [5.74, 6) is -0.111. The third kappa shape index (κ3) is 6.25. The van der Waals surface area contributed by atoms with E-state index in [0.29, 0.717) is 5.69 Å². The lowest BCUT2D eigenvalue weighted by atomic mass is 10.2. The lowest BCUT2D eigenvalue weighted by molar-refractivity contribution is -0.120. The van der Waals surface area contributed by atoms with E-state index in [2.05, 4.69) is 15.5 Å². The number of benzene rings is 1. The number of hydrogen-bond acceptors (Lipinski definition) is 5. The summed E-state index contributed by atoms with van der Waals surface area (Å²) in [5.41, 5.74) is 0.550. The van der Waals surface area contributed by atoms with Crippen molar-refractivity contribution >= 4 is 46.4 Å². The highest BCUT2D eigenvalue weighted by Gasteiger charge is 2.22. The Balaban J connectivity index is 0.00000242. The van der Waals surface area contributed by atoms with Crippen molar-refractivity contribution in [1.29, 1.82) is 0 Å². The van der Waals surface area contributed by atoms with Gasteiger partial charge in [-0.15, -0.1) is 24.8 Å². The van der Waals surface area contributed by atoms with Crippen LogP contribution in [0, 0.1) is 0 Å². The third-order valence-electron chi connectivity index (χ3n) is 3.53. The van der Waals surface area contributed by atoms with Gasteiger partial charge in [-0.1, -0.05) is 0 Å². The predicted molar refractivity (Wildman–Crippen MR) is 94.8 cm³/mol. The minimum absolute atomic E-state index is 0. The first-order valence-corrected chi connectivity index (χ1v) is 8.31. The molecule has 7 nitrogen and oxygen atoms in total. The molecule has 0 spiro atoms. The van der Waals surface area contributed by atoms with Gasteiger partial charge in [0.05, 0.1) is 10.9 Å². The van der Waals surface area contributed by atoms with Gasteiger partial charge in [-0.05, 0) is 31.2 Å². The number of sulfonamides is 1. The number of hydrogen-bond donors (Lipinski definition) is 3. The van der Waals surface area contributed by atoms with Crippen LogP contribution in [-0.4, -0.2) is 51.4 Å². The number of amides is 1. The number of anilines is 1. The fourth-order valence-corrected chi connectivity index (χ4v) is 2.73. The molecule has 1 aromatic rings. The Hall–Kier alpha value is -0.900. The summed E-state index contributed by atoms with van der Waals surface area (Å²) in [6, 6.07) is 5.58. The molecule has 4 N–H and O–H groups in total. The van der Waals surface area contributed by atoms with Gasteiger partial charge in [0, 0.05) is 31.9 Å². The van der Waals surface area contributed by atoms with E-state index < -0.39 is 10.0 Å². The molecular formula is C13H22Cl2N4O3S. The molecule has 1 atom stereocenters. The summed E-state index contributed by atoms with van der Waals surface area (Å²) in [7, 11) is -3.71. The van der Waals surface area contributed by atoms with Crippen LogP contribution in [0.3, 0.4) is 0 Å². The van der Waals surface area contributed by atoms with E-state index >= 15 is 0 Å². The number of nitrogens with one attached hydrogen (secondary N) is 2. The molecule has 1 aromatic carbocycles. The van der Waals surface area contributed by atoms with Crippen LogP contribution >= 0.6 is 24.8 Å². The number of nitrogens with zero attached hydrogens (tertiary/aromatic N) is 1. The number of primary sulfonamides is 1. The van der Waals surface area contributed by atoms with Gasteiger partial charge in [-0.25, -0.2) is 13.6 Å². The molecule has 1 heterocycles. The average Bonchev–Trinajstić information content (AvgIpc) is 2.47. The van der Waals surface area contributed by atoms with Gasteiger partial charge in [0.25, 0.3) is 0 Å². The third-order valence-corrected chi connectivity index (χ3v) is 4.46. The zero-order valence-electron chi connectivity index (χ0n) is 12.7. The van der Waals surface area contributed by atoms with Crippen LogP contribution < -0.4 is 15.8 Å². The highest BCUT2D eigenvalue weighted by Crippen LogP contribution is 2.13. The molecule has 0 bridgehead atoms. The van der Waals surface area contributed by atoms with Crippen LogP contribution in [0.1, 0.15) is 6.92 Å². The molecule has 1 amide bonds. The van der Waals surface area contributed by atoms with Crippen molar-refractivity contribution in [3.05, 3.63) is 24.3 Å². The molecule has 23 heavy (non-hydrogen) atoms. The van der Waals surface area contributed by atoms with Gasteiger partial charge in [0.15, 0.2) is 0 Å². The molecule has 0 aromatic heterocycles. The normalized spacial score (nSPS) is 16.6. The van der Waals surface area contributed by atoms with Crippen LogP contribution in [0.2, 0.25) is 0 Å². The number of piperazine rings is 1.